The van der Waals surface area contributed by atoms with Crippen molar-refractivity contribution in [1.29, 1.82) is 0 Å². The molecule has 29 heavy (non-hydrogen) atoms. The average molecular weight is 408 g/mol. The second kappa shape index (κ2) is 6.81. The number of halogens is 2. The Morgan fingerprint density at radius 2 is 1.97 bits per heavy atom. The lowest BCUT2D eigenvalue weighted by Crippen LogP contribution is -2.26. The molecule has 0 atom stereocenters. The van der Waals surface area contributed by atoms with Crippen LogP contribution in [0.2, 0.25) is 0 Å². The molecule has 1 aliphatic heterocycles. The van der Waals surface area contributed by atoms with Gasteiger partial charge >= 0.3 is 6.01 Å². The first-order valence-corrected chi connectivity index (χ1v) is 9.19. The number of hydrogen-bond acceptors (Lipinski definition) is 9. The van der Waals surface area contributed by atoms with Crippen LogP contribution in [0.1, 0.15) is 33.0 Å². The van der Waals surface area contributed by atoms with E-state index in [0.29, 0.717) is 23.8 Å². The molecule has 0 bridgehead atoms. The van der Waals surface area contributed by atoms with Gasteiger partial charge in [-0.05, 0) is 15.8 Å². The van der Waals surface area contributed by atoms with Crippen LogP contribution in [0.25, 0.3) is 11.2 Å². The second-order valence-electron chi connectivity index (χ2n) is 8.33. The zero-order chi connectivity index (χ0) is 20.8. The molecule has 11 nitrogen and oxygen atoms in total. The molecule has 1 saturated heterocycles. The minimum Gasteiger partial charge on any atom is -0.463 e. The average Bonchev–Trinajstić information content (AvgIpc) is 3.31. The van der Waals surface area contributed by atoms with E-state index >= 15 is 0 Å². The highest BCUT2D eigenvalue weighted by molar-refractivity contribution is 5.83. The molecule has 0 N–H and O–H groups in total. The van der Waals surface area contributed by atoms with Gasteiger partial charge in [-0.3, -0.25) is 0 Å². The van der Waals surface area contributed by atoms with Crippen molar-refractivity contribution in [2.24, 2.45) is 12.5 Å². The van der Waals surface area contributed by atoms with Gasteiger partial charge in [0.05, 0.1) is 13.2 Å². The molecule has 4 heterocycles. The van der Waals surface area contributed by atoms with Crippen molar-refractivity contribution in [1.82, 2.24) is 45.2 Å². The molecule has 3 aromatic heterocycles. The quantitative estimate of drug-likeness (QED) is 0.611. The monoisotopic (exact) mass is 408 g/mol. The summed E-state index contributed by atoms with van der Waals surface area (Å²) in [5.74, 6) is -1.94. The van der Waals surface area contributed by atoms with Crippen molar-refractivity contribution in [3.05, 3.63) is 5.82 Å². The number of rotatable bonds is 5. The number of ether oxygens (including phenoxy) is 1. The SMILES string of the molecule is Cn1nnnc1Cn1nc2nc(OCC(C)(C)C)nc(N3CCC(F)(F)C3)c2n1. The lowest BCUT2D eigenvalue weighted by Gasteiger charge is -2.20. The van der Waals surface area contributed by atoms with Gasteiger partial charge in [0.2, 0.25) is 5.65 Å². The summed E-state index contributed by atoms with van der Waals surface area (Å²) in [6.07, 6.45) is -0.241. The van der Waals surface area contributed by atoms with Crippen molar-refractivity contribution in [3.63, 3.8) is 0 Å². The molecule has 13 heteroatoms. The highest BCUT2D eigenvalue weighted by Crippen LogP contribution is 2.33. The minimum atomic E-state index is -2.77. The van der Waals surface area contributed by atoms with Crippen molar-refractivity contribution in [2.75, 3.05) is 24.6 Å². The van der Waals surface area contributed by atoms with Crippen LogP contribution in [-0.4, -0.2) is 70.8 Å². The number of nitrogens with zero attached hydrogens (tertiary/aromatic N) is 10. The molecule has 0 radical (unpaired) electrons. The molecule has 156 valence electrons. The Morgan fingerprint density at radius 3 is 2.59 bits per heavy atom. The fraction of sp³-hybridized carbons (Fsp3) is 0.688. The summed E-state index contributed by atoms with van der Waals surface area (Å²) in [4.78, 5) is 11.6. The number of alkyl halides is 2. The van der Waals surface area contributed by atoms with E-state index < -0.39 is 12.5 Å². The zero-order valence-electron chi connectivity index (χ0n) is 16.7. The molecular weight excluding hydrogens is 386 g/mol. The maximum atomic E-state index is 13.8. The molecule has 0 saturated carbocycles. The molecular formula is C16H22F2N10O. The third-order valence-electron chi connectivity index (χ3n) is 4.35. The van der Waals surface area contributed by atoms with Crippen molar-refractivity contribution in [2.45, 2.75) is 39.7 Å². The lowest BCUT2D eigenvalue weighted by atomic mass is 9.99. The van der Waals surface area contributed by atoms with Gasteiger partial charge in [0.1, 0.15) is 6.54 Å². The summed E-state index contributed by atoms with van der Waals surface area (Å²) >= 11 is 0. The Labute approximate surface area is 165 Å². The Bertz CT molecular complexity index is 1020. The van der Waals surface area contributed by atoms with E-state index in [1.807, 2.05) is 20.8 Å². The van der Waals surface area contributed by atoms with Crippen molar-refractivity contribution < 1.29 is 13.5 Å². The van der Waals surface area contributed by atoms with E-state index in [9.17, 15) is 8.78 Å². The highest BCUT2D eigenvalue weighted by Gasteiger charge is 2.40. The summed E-state index contributed by atoms with van der Waals surface area (Å²) in [6.45, 7) is 6.34. The molecule has 4 rings (SSSR count). The number of fused-ring (bicyclic) bond motifs is 1. The first kappa shape index (κ1) is 19.3. The van der Waals surface area contributed by atoms with Crippen LogP contribution in [0.3, 0.4) is 0 Å². The molecule has 3 aromatic rings. The maximum absolute atomic E-state index is 13.8. The minimum absolute atomic E-state index is 0.0880. The third kappa shape index (κ3) is 4.22. The molecule has 1 fully saturated rings. The maximum Gasteiger partial charge on any atom is 0.320 e. The summed E-state index contributed by atoms with van der Waals surface area (Å²) in [5, 5.41) is 20.0. The Hall–Kier alpha value is -2.99. The lowest BCUT2D eigenvalue weighted by molar-refractivity contribution is 0.0257. The number of aryl methyl sites for hydroxylation is 1. The number of anilines is 1. The van der Waals surface area contributed by atoms with E-state index in [0.717, 1.165) is 0 Å². The van der Waals surface area contributed by atoms with Crippen molar-refractivity contribution >= 4 is 17.0 Å². The van der Waals surface area contributed by atoms with Crippen molar-refractivity contribution in [3.8, 4) is 6.01 Å². The van der Waals surface area contributed by atoms with Gasteiger partial charge in [-0.15, -0.1) is 15.3 Å². The Morgan fingerprint density at radius 1 is 1.17 bits per heavy atom. The van der Waals surface area contributed by atoms with Crippen LogP contribution >= 0.6 is 0 Å². The number of aromatic nitrogens is 9. The predicted octanol–water partition coefficient (Wildman–Crippen LogP) is 1.06. The predicted molar refractivity (Wildman–Crippen MR) is 97.7 cm³/mol. The van der Waals surface area contributed by atoms with Gasteiger partial charge in [0.15, 0.2) is 17.2 Å². The van der Waals surface area contributed by atoms with E-state index in [4.69, 9.17) is 4.74 Å². The molecule has 1 aliphatic rings. The summed E-state index contributed by atoms with van der Waals surface area (Å²) in [6, 6.07) is 0.0880. The molecule has 0 aromatic carbocycles. The van der Waals surface area contributed by atoms with E-state index in [2.05, 4.69) is 35.7 Å². The molecule has 0 spiro atoms. The van der Waals surface area contributed by atoms with E-state index in [-0.39, 0.29) is 36.6 Å². The fourth-order valence-electron chi connectivity index (χ4n) is 2.88. The first-order chi connectivity index (χ1) is 13.6. The van der Waals surface area contributed by atoms with Gasteiger partial charge in [-0.25, -0.2) is 13.5 Å². The van der Waals surface area contributed by atoms with E-state index in [1.54, 1.807) is 7.05 Å². The van der Waals surface area contributed by atoms with Gasteiger partial charge in [-0.2, -0.15) is 14.8 Å². The smallest absolute Gasteiger partial charge is 0.320 e. The highest BCUT2D eigenvalue weighted by atomic mass is 19.3. The molecule has 0 amide bonds. The summed E-state index contributed by atoms with van der Waals surface area (Å²) in [7, 11) is 1.70. The fourth-order valence-corrected chi connectivity index (χ4v) is 2.88. The van der Waals surface area contributed by atoms with Crippen LogP contribution in [0.5, 0.6) is 6.01 Å². The normalized spacial score (nSPS) is 16.7. The van der Waals surface area contributed by atoms with Gasteiger partial charge in [0.25, 0.3) is 5.92 Å². The third-order valence-corrected chi connectivity index (χ3v) is 4.35. The van der Waals surface area contributed by atoms with E-state index in [1.165, 1.54) is 14.4 Å². The molecule has 0 unspecified atom stereocenters. The number of hydrogen-bond donors (Lipinski definition) is 0. The van der Waals surface area contributed by atoms with Crippen LogP contribution < -0.4 is 9.64 Å². The summed E-state index contributed by atoms with van der Waals surface area (Å²) < 4.78 is 34.8. The largest absolute Gasteiger partial charge is 0.463 e. The molecule has 0 aliphatic carbocycles. The Kier molecular flexibility index (Phi) is 4.54. The van der Waals surface area contributed by atoms with Crippen LogP contribution in [0.4, 0.5) is 14.6 Å². The number of tetrazole rings is 1. The van der Waals surface area contributed by atoms with Gasteiger partial charge in [-0.1, -0.05) is 20.8 Å². The zero-order valence-corrected chi connectivity index (χ0v) is 16.7. The Balaban J connectivity index is 1.71. The standard InChI is InChI=1S/C16H22F2N10O/c1-15(2,3)9-29-14-19-12-11(13(20-14)27-6-5-16(17,18)8-27)22-28(23-12)7-10-21-24-25-26(10)4/h5-9H2,1-4H3. The first-order valence-electron chi connectivity index (χ1n) is 9.19. The van der Waals surface area contributed by atoms with Crippen LogP contribution in [0.15, 0.2) is 0 Å². The summed E-state index contributed by atoms with van der Waals surface area (Å²) in [5.41, 5.74) is 0.486. The van der Waals surface area contributed by atoms with Gasteiger partial charge in [0, 0.05) is 20.0 Å². The second-order valence-corrected chi connectivity index (χ2v) is 8.33. The van der Waals surface area contributed by atoms with Gasteiger partial charge < -0.3 is 9.64 Å². The van der Waals surface area contributed by atoms with Crippen LogP contribution in [0, 0.1) is 5.41 Å². The van der Waals surface area contributed by atoms with Crippen LogP contribution in [-0.2, 0) is 13.6 Å². The topological polar surface area (TPSA) is 113 Å².